The van der Waals surface area contributed by atoms with Crippen LogP contribution >= 0.6 is 0 Å². The molecule has 2 rings (SSSR count). The van der Waals surface area contributed by atoms with Gasteiger partial charge in [-0.15, -0.1) is 0 Å². The van der Waals surface area contributed by atoms with Crippen molar-refractivity contribution in [1.82, 2.24) is 0 Å². The van der Waals surface area contributed by atoms with Gasteiger partial charge in [-0.25, -0.2) is 8.78 Å². The molecule has 0 nitrogen and oxygen atoms in total. The molecule has 0 aliphatic heterocycles. The van der Waals surface area contributed by atoms with Gasteiger partial charge in [-0.05, 0) is 35.7 Å². The number of benzene rings is 2. The monoisotopic (exact) mass is 234 g/mol. The second-order valence-electron chi connectivity index (χ2n) is 4.70. The maximum atomic E-state index is 13.5. The van der Waals surface area contributed by atoms with Gasteiger partial charge in [-0.3, -0.25) is 0 Å². The Morgan fingerprint density at radius 2 is 1.65 bits per heavy atom. The van der Waals surface area contributed by atoms with Gasteiger partial charge in [0.15, 0.2) is 0 Å². The third-order valence-corrected chi connectivity index (χ3v) is 3.37. The molecule has 2 heteroatoms. The first kappa shape index (κ1) is 12.0. The predicted molar refractivity (Wildman–Crippen MR) is 67.7 cm³/mol. The highest BCUT2D eigenvalue weighted by Crippen LogP contribution is 2.37. The highest BCUT2D eigenvalue weighted by molar-refractivity contribution is 5.89. The molecule has 0 saturated heterocycles. The fourth-order valence-electron chi connectivity index (χ4n) is 2.20. The van der Waals surface area contributed by atoms with E-state index in [4.69, 9.17) is 0 Å². The molecule has 2 aromatic rings. The van der Waals surface area contributed by atoms with Crippen molar-refractivity contribution in [2.45, 2.75) is 32.6 Å². The zero-order valence-corrected chi connectivity index (χ0v) is 10.3. The predicted octanol–water partition coefficient (Wildman–Crippen LogP) is 4.91. The highest BCUT2D eigenvalue weighted by atomic mass is 19.3. The first-order valence-electron chi connectivity index (χ1n) is 5.77. The second kappa shape index (κ2) is 4.10. The molecule has 0 radical (unpaired) electrons. The smallest absolute Gasteiger partial charge is 0.207 e. The quantitative estimate of drug-likeness (QED) is 0.692. The van der Waals surface area contributed by atoms with Crippen molar-refractivity contribution in [2.75, 3.05) is 0 Å². The zero-order chi connectivity index (χ0) is 12.6. The van der Waals surface area contributed by atoms with Crippen LogP contribution in [0.25, 0.3) is 10.8 Å². The van der Waals surface area contributed by atoms with E-state index in [9.17, 15) is 8.78 Å². The lowest BCUT2D eigenvalue weighted by atomic mass is 9.89. The van der Waals surface area contributed by atoms with Gasteiger partial charge in [-0.1, -0.05) is 43.3 Å². The van der Waals surface area contributed by atoms with Gasteiger partial charge < -0.3 is 0 Å². The number of hydrogen-bond acceptors (Lipinski definition) is 0. The number of alkyl halides is 2. The van der Waals surface area contributed by atoms with Crippen LogP contribution in [-0.4, -0.2) is 5.92 Å². The van der Waals surface area contributed by atoms with E-state index in [-0.39, 0.29) is 0 Å². The maximum Gasteiger partial charge on any atom is 0.251 e. The lowest BCUT2D eigenvalue weighted by molar-refractivity contribution is -0.00181. The molecule has 0 spiro atoms. The standard InChI is InChI=1S/C15H16F2/c1-10-6-4-7-12-8-5-9-13(14(10)12)11(2)15(3,16)17/h4-9,11H,1-3H3. The lowest BCUT2D eigenvalue weighted by Crippen LogP contribution is -2.19. The van der Waals surface area contributed by atoms with Gasteiger partial charge in [0.25, 0.3) is 5.92 Å². The van der Waals surface area contributed by atoms with Gasteiger partial charge in [-0.2, -0.15) is 0 Å². The zero-order valence-electron chi connectivity index (χ0n) is 10.3. The van der Waals surface area contributed by atoms with E-state index >= 15 is 0 Å². The molecule has 1 atom stereocenters. The minimum atomic E-state index is -2.70. The summed E-state index contributed by atoms with van der Waals surface area (Å²) in [5.74, 6) is -3.47. The molecule has 1 unspecified atom stereocenters. The van der Waals surface area contributed by atoms with E-state index in [0.717, 1.165) is 28.8 Å². The fraction of sp³-hybridized carbons (Fsp3) is 0.333. The molecular formula is C15H16F2. The summed E-state index contributed by atoms with van der Waals surface area (Å²) in [4.78, 5) is 0. The average molecular weight is 234 g/mol. The van der Waals surface area contributed by atoms with Crippen LogP contribution in [-0.2, 0) is 0 Å². The Bertz CT molecular complexity index is 533. The van der Waals surface area contributed by atoms with Crippen LogP contribution in [0.15, 0.2) is 36.4 Å². The molecule has 0 bridgehead atoms. The first-order chi connectivity index (χ1) is 7.91. The molecule has 17 heavy (non-hydrogen) atoms. The van der Waals surface area contributed by atoms with Crippen LogP contribution in [0.3, 0.4) is 0 Å². The Morgan fingerprint density at radius 3 is 2.24 bits per heavy atom. The third-order valence-electron chi connectivity index (χ3n) is 3.37. The van der Waals surface area contributed by atoms with Crippen molar-refractivity contribution in [3.63, 3.8) is 0 Å². The molecular weight excluding hydrogens is 218 g/mol. The number of halogens is 2. The minimum Gasteiger partial charge on any atom is -0.207 e. The molecule has 0 saturated carbocycles. The Morgan fingerprint density at radius 1 is 1.06 bits per heavy atom. The van der Waals surface area contributed by atoms with E-state index in [1.807, 2.05) is 37.3 Å². The average Bonchev–Trinajstić information content (AvgIpc) is 2.26. The summed E-state index contributed by atoms with van der Waals surface area (Å²) in [6, 6.07) is 11.5. The second-order valence-corrected chi connectivity index (χ2v) is 4.70. The molecule has 0 aliphatic carbocycles. The normalized spacial score (nSPS) is 13.9. The number of aryl methyl sites for hydroxylation is 1. The van der Waals surface area contributed by atoms with Crippen LogP contribution in [0, 0.1) is 6.92 Å². The summed E-state index contributed by atoms with van der Waals surface area (Å²) in [7, 11) is 0. The molecule has 0 N–H and O–H groups in total. The molecule has 0 aromatic heterocycles. The minimum absolute atomic E-state index is 0.730. The SMILES string of the molecule is Cc1cccc2cccc(C(C)C(C)(F)F)c12. The molecule has 2 aromatic carbocycles. The van der Waals surface area contributed by atoms with E-state index in [0.29, 0.717) is 0 Å². The fourth-order valence-corrected chi connectivity index (χ4v) is 2.20. The number of hydrogen-bond donors (Lipinski definition) is 0. The van der Waals surface area contributed by atoms with Crippen LogP contribution in [0.2, 0.25) is 0 Å². The van der Waals surface area contributed by atoms with Crippen LogP contribution < -0.4 is 0 Å². The van der Waals surface area contributed by atoms with Crippen molar-refractivity contribution in [3.8, 4) is 0 Å². The van der Waals surface area contributed by atoms with Gasteiger partial charge in [0.1, 0.15) is 0 Å². The molecule has 90 valence electrons. The van der Waals surface area contributed by atoms with E-state index < -0.39 is 11.8 Å². The summed E-state index contributed by atoms with van der Waals surface area (Å²) >= 11 is 0. The Kier molecular flexibility index (Phi) is 2.90. The molecule has 0 fully saturated rings. The van der Waals surface area contributed by atoms with Crippen molar-refractivity contribution in [3.05, 3.63) is 47.5 Å². The van der Waals surface area contributed by atoms with Crippen molar-refractivity contribution in [2.24, 2.45) is 0 Å². The van der Waals surface area contributed by atoms with Gasteiger partial charge in [0.05, 0.1) is 0 Å². The Hall–Kier alpha value is -1.44. The van der Waals surface area contributed by atoms with E-state index in [1.54, 1.807) is 13.0 Å². The van der Waals surface area contributed by atoms with Crippen LogP contribution in [0.4, 0.5) is 8.78 Å². The summed E-state index contributed by atoms with van der Waals surface area (Å²) in [5.41, 5.74) is 1.78. The Balaban J connectivity index is 2.70. The molecule has 0 aliphatic rings. The van der Waals surface area contributed by atoms with Gasteiger partial charge in [0, 0.05) is 5.92 Å². The van der Waals surface area contributed by atoms with Gasteiger partial charge in [0.2, 0.25) is 0 Å². The summed E-state index contributed by atoms with van der Waals surface area (Å²) < 4.78 is 26.9. The third kappa shape index (κ3) is 2.17. The lowest BCUT2D eigenvalue weighted by Gasteiger charge is -2.22. The van der Waals surface area contributed by atoms with Crippen molar-refractivity contribution < 1.29 is 8.78 Å². The highest BCUT2D eigenvalue weighted by Gasteiger charge is 2.32. The number of fused-ring (bicyclic) bond motifs is 1. The van der Waals surface area contributed by atoms with Gasteiger partial charge >= 0.3 is 0 Å². The largest absolute Gasteiger partial charge is 0.251 e. The summed E-state index contributed by atoms with van der Waals surface area (Å²) in [6.45, 7) is 4.53. The Labute approximate surface area is 100 Å². The molecule has 0 heterocycles. The summed E-state index contributed by atoms with van der Waals surface area (Å²) in [6.07, 6.45) is 0. The van der Waals surface area contributed by atoms with Crippen molar-refractivity contribution >= 4 is 10.8 Å². The van der Waals surface area contributed by atoms with E-state index in [1.165, 1.54) is 0 Å². The van der Waals surface area contributed by atoms with E-state index in [2.05, 4.69) is 0 Å². The number of rotatable bonds is 2. The van der Waals surface area contributed by atoms with Crippen molar-refractivity contribution in [1.29, 1.82) is 0 Å². The topological polar surface area (TPSA) is 0 Å². The maximum absolute atomic E-state index is 13.5. The first-order valence-corrected chi connectivity index (χ1v) is 5.77. The summed E-state index contributed by atoms with van der Waals surface area (Å²) in [5, 5.41) is 1.99. The molecule has 0 amide bonds. The van der Waals surface area contributed by atoms with Crippen LogP contribution in [0.5, 0.6) is 0 Å². The van der Waals surface area contributed by atoms with Crippen LogP contribution in [0.1, 0.15) is 30.9 Å².